The number of rotatable bonds is 4. The van der Waals surface area contributed by atoms with Crippen molar-refractivity contribution in [3.63, 3.8) is 0 Å². The van der Waals surface area contributed by atoms with E-state index < -0.39 is 0 Å². The van der Waals surface area contributed by atoms with Crippen molar-refractivity contribution < 1.29 is 10.3 Å². The molecular formula is C16H23N3O2. The summed E-state index contributed by atoms with van der Waals surface area (Å²) in [5, 5.41) is 22.2. The van der Waals surface area contributed by atoms with Crippen LogP contribution in [0.5, 0.6) is 0 Å². The lowest BCUT2D eigenvalue weighted by molar-refractivity contribution is 0.0348. The Bertz CT molecular complexity index is 492. The molecule has 2 fully saturated rings. The molecule has 2 aliphatic heterocycles. The average molecular weight is 289 g/mol. The van der Waals surface area contributed by atoms with Crippen molar-refractivity contribution >= 4 is 5.84 Å². The second kappa shape index (κ2) is 6.03. The number of benzene rings is 1. The molecule has 1 aromatic carbocycles. The smallest absolute Gasteiger partial charge is 0.147 e. The average Bonchev–Trinajstić information content (AvgIpc) is 2.74. The Hall–Kier alpha value is -1.59. The molecule has 0 radical (unpaired) electrons. The van der Waals surface area contributed by atoms with Gasteiger partial charge in [0.05, 0.1) is 12.0 Å². The van der Waals surface area contributed by atoms with Gasteiger partial charge in [-0.05, 0) is 31.2 Å². The largest absolute Gasteiger partial charge is 0.409 e. The van der Waals surface area contributed by atoms with E-state index in [4.69, 9.17) is 10.9 Å². The Kier molecular flexibility index (Phi) is 4.12. The molecule has 0 spiro atoms. The van der Waals surface area contributed by atoms with Gasteiger partial charge in [-0.1, -0.05) is 35.5 Å². The molecule has 114 valence electrons. The summed E-state index contributed by atoms with van der Waals surface area (Å²) >= 11 is 0. The molecule has 0 aromatic heterocycles. The zero-order chi connectivity index (χ0) is 14.8. The van der Waals surface area contributed by atoms with Crippen LogP contribution in [0.15, 0.2) is 35.5 Å². The van der Waals surface area contributed by atoms with Crippen molar-refractivity contribution in [2.24, 2.45) is 10.9 Å². The van der Waals surface area contributed by atoms with Gasteiger partial charge < -0.3 is 16.0 Å². The predicted octanol–water partition coefficient (Wildman–Crippen LogP) is 1.50. The number of amidine groups is 1. The van der Waals surface area contributed by atoms with E-state index in [9.17, 15) is 5.11 Å². The van der Waals surface area contributed by atoms with Crippen molar-refractivity contribution in [3.8, 4) is 0 Å². The van der Waals surface area contributed by atoms with Gasteiger partial charge in [0.15, 0.2) is 0 Å². The van der Waals surface area contributed by atoms with E-state index in [2.05, 4.69) is 10.1 Å². The first-order valence-electron chi connectivity index (χ1n) is 7.65. The van der Waals surface area contributed by atoms with E-state index in [1.165, 1.54) is 0 Å². The summed E-state index contributed by atoms with van der Waals surface area (Å²) in [6.07, 6.45) is 3.79. The van der Waals surface area contributed by atoms with Gasteiger partial charge in [0.2, 0.25) is 0 Å². The molecule has 5 heteroatoms. The Labute approximate surface area is 125 Å². The summed E-state index contributed by atoms with van der Waals surface area (Å²) in [5.41, 5.74) is 7.00. The topological polar surface area (TPSA) is 82.1 Å². The SMILES string of the molecule is NC(=NO)C(CN1C2CCC1CC(O)C2)c1ccccc1. The number of hydrogen-bond acceptors (Lipinski definition) is 4. The van der Waals surface area contributed by atoms with Crippen LogP contribution in [0, 0.1) is 0 Å². The third-order valence-electron chi connectivity index (χ3n) is 4.93. The van der Waals surface area contributed by atoms with E-state index in [1.54, 1.807) is 0 Å². The minimum atomic E-state index is -0.169. The highest BCUT2D eigenvalue weighted by Crippen LogP contribution is 2.37. The third kappa shape index (κ3) is 2.89. The molecule has 2 saturated heterocycles. The highest BCUT2D eigenvalue weighted by molar-refractivity contribution is 5.87. The Morgan fingerprint density at radius 1 is 1.24 bits per heavy atom. The van der Waals surface area contributed by atoms with E-state index in [1.807, 2.05) is 30.3 Å². The molecule has 21 heavy (non-hydrogen) atoms. The van der Waals surface area contributed by atoms with Crippen LogP contribution in [0.2, 0.25) is 0 Å². The summed E-state index contributed by atoms with van der Waals surface area (Å²) < 4.78 is 0. The van der Waals surface area contributed by atoms with Gasteiger partial charge in [0.25, 0.3) is 0 Å². The summed E-state index contributed by atoms with van der Waals surface area (Å²) in [5.74, 6) is 0.154. The molecule has 4 N–H and O–H groups in total. The molecule has 2 bridgehead atoms. The van der Waals surface area contributed by atoms with Crippen molar-refractivity contribution in [1.29, 1.82) is 0 Å². The maximum Gasteiger partial charge on any atom is 0.147 e. The van der Waals surface area contributed by atoms with Crippen LogP contribution in [-0.4, -0.2) is 45.8 Å². The number of aliphatic hydroxyl groups excluding tert-OH is 1. The lowest BCUT2D eigenvalue weighted by Crippen LogP contribution is -2.47. The van der Waals surface area contributed by atoms with Crippen LogP contribution in [0.3, 0.4) is 0 Å². The summed E-state index contributed by atoms with van der Waals surface area (Å²) in [6.45, 7) is 0.752. The minimum absolute atomic E-state index is 0.102. The molecule has 0 amide bonds. The second-order valence-corrected chi connectivity index (χ2v) is 6.20. The zero-order valence-electron chi connectivity index (χ0n) is 12.1. The van der Waals surface area contributed by atoms with Gasteiger partial charge in [-0.3, -0.25) is 4.90 Å². The second-order valence-electron chi connectivity index (χ2n) is 6.20. The third-order valence-corrected chi connectivity index (χ3v) is 4.93. The van der Waals surface area contributed by atoms with Gasteiger partial charge in [-0.2, -0.15) is 0 Å². The first-order chi connectivity index (χ1) is 10.2. The fourth-order valence-corrected chi connectivity index (χ4v) is 3.88. The van der Waals surface area contributed by atoms with E-state index in [-0.39, 0.29) is 17.9 Å². The Morgan fingerprint density at radius 3 is 2.43 bits per heavy atom. The van der Waals surface area contributed by atoms with Crippen LogP contribution in [0.4, 0.5) is 0 Å². The fraction of sp³-hybridized carbons (Fsp3) is 0.562. The summed E-state index contributed by atoms with van der Waals surface area (Å²) in [4.78, 5) is 2.45. The van der Waals surface area contributed by atoms with E-state index >= 15 is 0 Å². The van der Waals surface area contributed by atoms with Gasteiger partial charge in [0, 0.05) is 18.6 Å². The number of aliphatic hydroxyl groups is 1. The maximum absolute atomic E-state index is 9.90. The van der Waals surface area contributed by atoms with Gasteiger partial charge >= 0.3 is 0 Å². The van der Waals surface area contributed by atoms with E-state index in [0.29, 0.717) is 12.1 Å². The number of fused-ring (bicyclic) bond motifs is 2. The monoisotopic (exact) mass is 289 g/mol. The molecule has 2 heterocycles. The predicted molar refractivity (Wildman–Crippen MR) is 81.3 cm³/mol. The van der Waals surface area contributed by atoms with Crippen molar-refractivity contribution in [1.82, 2.24) is 4.90 Å². The highest BCUT2D eigenvalue weighted by Gasteiger charge is 2.41. The van der Waals surface area contributed by atoms with E-state index in [0.717, 1.165) is 37.8 Å². The molecule has 3 rings (SSSR count). The van der Waals surface area contributed by atoms with Gasteiger partial charge in [-0.15, -0.1) is 0 Å². The number of oxime groups is 1. The van der Waals surface area contributed by atoms with Crippen LogP contribution < -0.4 is 5.73 Å². The molecule has 5 nitrogen and oxygen atoms in total. The molecule has 1 aromatic rings. The molecular weight excluding hydrogens is 266 g/mol. The van der Waals surface area contributed by atoms with Gasteiger partial charge in [-0.25, -0.2) is 0 Å². The first kappa shape index (κ1) is 14.4. The standard InChI is InChI=1S/C16H23N3O2/c17-16(18-21)15(11-4-2-1-3-5-11)10-19-12-6-7-13(19)9-14(20)8-12/h1-5,12-15,20-21H,6-10H2,(H2,17,18). The zero-order valence-corrected chi connectivity index (χ0v) is 12.1. The number of nitrogens with zero attached hydrogens (tertiary/aromatic N) is 2. The highest BCUT2D eigenvalue weighted by atomic mass is 16.4. The van der Waals surface area contributed by atoms with Crippen molar-refractivity contribution in [3.05, 3.63) is 35.9 Å². The number of piperidine rings is 1. The van der Waals surface area contributed by atoms with Crippen LogP contribution in [0.1, 0.15) is 37.2 Å². The van der Waals surface area contributed by atoms with Gasteiger partial charge in [0.1, 0.15) is 5.84 Å². The molecule has 0 aliphatic carbocycles. The molecule has 3 atom stereocenters. The lowest BCUT2D eigenvalue weighted by atomic mass is 9.93. The van der Waals surface area contributed by atoms with Crippen LogP contribution in [-0.2, 0) is 0 Å². The van der Waals surface area contributed by atoms with Crippen molar-refractivity contribution in [2.45, 2.75) is 49.8 Å². The van der Waals surface area contributed by atoms with Crippen LogP contribution >= 0.6 is 0 Å². The maximum atomic E-state index is 9.90. The Morgan fingerprint density at radius 2 is 1.86 bits per heavy atom. The fourth-order valence-electron chi connectivity index (χ4n) is 3.88. The molecule has 2 aliphatic rings. The molecule has 3 unspecified atom stereocenters. The first-order valence-corrected chi connectivity index (χ1v) is 7.65. The Balaban J connectivity index is 1.80. The quantitative estimate of drug-likeness (QED) is 0.339. The number of hydrogen-bond donors (Lipinski definition) is 3. The normalized spacial score (nSPS) is 31.3. The summed E-state index contributed by atoms with van der Waals surface area (Å²) in [6, 6.07) is 10.8. The number of nitrogens with two attached hydrogens (primary N) is 1. The van der Waals surface area contributed by atoms with Crippen molar-refractivity contribution in [2.75, 3.05) is 6.54 Å². The lowest BCUT2D eigenvalue weighted by Gasteiger charge is -2.39. The summed E-state index contributed by atoms with van der Waals surface area (Å²) in [7, 11) is 0. The minimum Gasteiger partial charge on any atom is -0.409 e. The van der Waals surface area contributed by atoms with Crippen LogP contribution in [0.25, 0.3) is 0 Å². The molecule has 0 saturated carbocycles.